The Kier molecular flexibility index (Phi) is 4.98. The van der Waals surface area contributed by atoms with Crippen LogP contribution in [0.4, 0.5) is 0 Å². The molecule has 0 aliphatic heterocycles. The highest BCUT2D eigenvalue weighted by Crippen LogP contribution is 2.20. The number of nitrogens with zero attached hydrogens (tertiary/aromatic N) is 4. The molecule has 0 aliphatic carbocycles. The monoisotopic (exact) mass is 284 g/mol. The summed E-state index contributed by atoms with van der Waals surface area (Å²) in [5.74, 6) is 0.883. The minimum absolute atomic E-state index is 0.225. The molecule has 0 bridgehead atoms. The molecule has 0 unspecified atom stereocenters. The highest BCUT2D eigenvalue weighted by molar-refractivity contribution is 7.99. The van der Waals surface area contributed by atoms with Crippen molar-refractivity contribution in [1.82, 2.24) is 20.2 Å². The Morgan fingerprint density at radius 1 is 1.22 bits per heavy atom. The van der Waals surface area contributed by atoms with Crippen LogP contribution >= 0.6 is 23.4 Å². The van der Waals surface area contributed by atoms with Crippen molar-refractivity contribution in [2.75, 3.05) is 12.4 Å². The number of thioether (sulfide) groups is 1. The van der Waals surface area contributed by atoms with Crippen LogP contribution in [0.15, 0.2) is 29.4 Å². The van der Waals surface area contributed by atoms with Gasteiger partial charge in [0.1, 0.15) is 0 Å². The quantitative estimate of drug-likeness (QED) is 0.651. The molecule has 5 nitrogen and oxygen atoms in total. The lowest BCUT2D eigenvalue weighted by molar-refractivity contribution is 0.287. The predicted molar refractivity (Wildman–Crippen MR) is 71.2 cm³/mol. The van der Waals surface area contributed by atoms with Crippen molar-refractivity contribution in [2.24, 2.45) is 0 Å². The van der Waals surface area contributed by atoms with Crippen LogP contribution in [0, 0.1) is 0 Å². The second-order valence-electron chi connectivity index (χ2n) is 3.63. The summed E-state index contributed by atoms with van der Waals surface area (Å²) in [5, 5.41) is 21.8. The standard InChI is InChI=1S/C11H13ClN4OS/c12-9-3-5-10(6-4-9)16-11(13-14-15-16)18-8-2-1-7-17/h3-6,17H,1-2,7-8H2. The molecular weight excluding hydrogens is 272 g/mol. The highest BCUT2D eigenvalue weighted by atomic mass is 35.5. The van der Waals surface area contributed by atoms with Crippen LogP contribution in [-0.4, -0.2) is 37.7 Å². The number of unbranched alkanes of at least 4 members (excludes halogenated alkanes) is 1. The first-order chi connectivity index (χ1) is 8.81. The SMILES string of the molecule is OCCCCSc1nnnn1-c1ccc(Cl)cc1. The second kappa shape index (κ2) is 6.72. The van der Waals surface area contributed by atoms with Gasteiger partial charge in [-0.05, 0) is 47.5 Å². The van der Waals surface area contributed by atoms with E-state index in [9.17, 15) is 0 Å². The number of tetrazole rings is 1. The molecule has 1 aromatic heterocycles. The molecule has 0 saturated carbocycles. The number of aliphatic hydroxyl groups excluding tert-OH is 1. The van der Waals surface area contributed by atoms with E-state index in [2.05, 4.69) is 15.5 Å². The molecule has 0 radical (unpaired) electrons. The topological polar surface area (TPSA) is 63.8 Å². The van der Waals surface area contributed by atoms with Gasteiger partial charge in [-0.2, -0.15) is 4.68 Å². The third-order valence-electron chi connectivity index (χ3n) is 2.30. The Morgan fingerprint density at radius 2 is 2.00 bits per heavy atom. The van der Waals surface area contributed by atoms with E-state index in [0.29, 0.717) is 5.02 Å². The maximum absolute atomic E-state index is 8.71. The Labute approximate surface area is 114 Å². The average Bonchev–Trinajstić information content (AvgIpc) is 2.84. The maximum Gasteiger partial charge on any atom is 0.214 e. The molecule has 0 fully saturated rings. The number of aromatic nitrogens is 4. The summed E-state index contributed by atoms with van der Waals surface area (Å²) >= 11 is 7.42. The maximum atomic E-state index is 8.71. The van der Waals surface area contributed by atoms with E-state index in [0.717, 1.165) is 29.4 Å². The van der Waals surface area contributed by atoms with E-state index in [4.69, 9.17) is 16.7 Å². The molecule has 7 heteroatoms. The molecule has 0 saturated heterocycles. The molecule has 1 N–H and O–H groups in total. The van der Waals surface area contributed by atoms with Gasteiger partial charge in [0, 0.05) is 17.4 Å². The molecule has 1 aromatic carbocycles. The molecule has 2 aromatic rings. The first-order valence-corrected chi connectivity index (χ1v) is 6.95. The van der Waals surface area contributed by atoms with Gasteiger partial charge in [0.2, 0.25) is 5.16 Å². The normalized spacial score (nSPS) is 10.8. The molecule has 1 heterocycles. The van der Waals surface area contributed by atoms with Gasteiger partial charge >= 0.3 is 0 Å². The largest absolute Gasteiger partial charge is 0.396 e. The summed E-state index contributed by atoms with van der Waals surface area (Å²) in [6.07, 6.45) is 1.74. The smallest absolute Gasteiger partial charge is 0.214 e. The molecule has 0 atom stereocenters. The Morgan fingerprint density at radius 3 is 2.72 bits per heavy atom. The van der Waals surface area contributed by atoms with E-state index in [1.165, 1.54) is 0 Å². The Balaban J connectivity index is 2.05. The second-order valence-corrected chi connectivity index (χ2v) is 5.13. The van der Waals surface area contributed by atoms with Crippen molar-refractivity contribution in [2.45, 2.75) is 18.0 Å². The van der Waals surface area contributed by atoms with Gasteiger partial charge in [-0.25, -0.2) is 0 Å². The number of halogens is 1. The first kappa shape index (κ1) is 13.3. The zero-order valence-electron chi connectivity index (χ0n) is 9.66. The van der Waals surface area contributed by atoms with E-state index >= 15 is 0 Å². The Hall–Kier alpha value is -1.11. The number of benzene rings is 1. The van der Waals surface area contributed by atoms with Gasteiger partial charge in [-0.15, -0.1) is 5.10 Å². The van der Waals surface area contributed by atoms with Crippen LogP contribution in [0.25, 0.3) is 5.69 Å². The third-order valence-corrected chi connectivity index (χ3v) is 3.55. The zero-order valence-corrected chi connectivity index (χ0v) is 11.2. The molecule has 18 heavy (non-hydrogen) atoms. The fraction of sp³-hybridized carbons (Fsp3) is 0.364. The van der Waals surface area contributed by atoms with Crippen molar-refractivity contribution in [3.63, 3.8) is 0 Å². The van der Waals surface area contributed by atoms with Gasteiger partial charge < -0.3 is 5.11 Å². The molecule has 0 aliphatic rings. The number of hydrogen-bond acceptors (Lipinski definition) is 5. The van der Waals surface area contributed by atoms with E-state index in [-0.39, 0.29) is 6.61 Å². The van der Waals surface area contributed by atoms with Crippen LogP contribution in [0.5, 0.6) is 0 Å². The lowest BCUT2D eigenvalue weighted by Gasteiger charge is -2.03. The van der Waals surface area contributed by atoms with Crippen molar-refractivity contribution < 1.29 is 5.11 Å². The van der Waals surface area contributed by atoms with E-state index in [1.54, 1.807) is 28.6 Å². The van der Waals surface area contributed by atoms with Gasteiger partial charge in [0.25, 0.3) is 0 Å². The number of rotatable bonds is 6. The summed E-state index contributed by atoms with van der Waals surface area (Å²) in [5.41, 5.74) is 0.883. The highest BCUT2D eigenvalue weighted by Gasteiger charge is 2.08. The van der Waals surface area contributed by atoms with Crippen molar-refractivity contribution >= 4 is 23.4 Å². The lowest BCUT2D eigenvalue weighted by Crippen LogP contribution is -1.99. The molecule has 0 spiro atoms. The predicted octanol–water partition coefficient (Wildman–Crippen LogP) is 2.18. The Bertz CT molecular complexity index is 488. The summed E-state index contributed by atoms with van der Waals surface area (Å²) < 4.78 is 1.68. The van der Waals surface area contributed by atoms with Crippen molar-refractivity contribution in [3.8, 4) is 5.69 Å². The van der Waals surface area contributed by atoms with Gasteiger partial charge in [0.05, 0.1) is 5.69 Å². The third kappa shape index (κ3) is 3.44. The lowest BCUT2D eigenvalue weighted by atomic mass is 10.3. The fourth-order valence-electron chi connectivity index (χ4n) is 1.39. The first-order valence-electron chi connectivity index (χ1n) is 5.59. The summed E-state index contributed by atoms with van der Waals surface area (Å²) in [4.78, 5) is 0. The van der Waals surface area contributed by atoms with Crippen LogP contribution in [-0.2, 0) is 0 Å². The van der Waals surface area contributed by atoms with Crippen LogP contribution in [0.2, 0.25) is 5.02 Å². The van der Waals surface area contributed by atoms with E-state index < -0.39 is 0 Å². The zero-order chi connectivity index (χ0) is 12.8. The summed E-state index contributed by atoms with van der Waals surface area (Å²) in [6, 6.07) is 7.35. The van der Waals surface area contributed by atoms with E-state index in [1.807, 2.05) is 12.1 Å². The molecule has 96 valence electrons. The number of hydrogen-bond donors (Lipinski definition) is 1. The molecule has 2 rings (SSSR count). The van der Waals surface area contributed by atoms with Crippen LogP contribution < -0.4 is 0 Å². The minimum atomic E-state index is 0.225. The average molecular weight is 285 g/mol. The van der Waals surface area contributed by atoms with Crippen molar-refractivity contribution in [1.29, 1.82) is 0 Å². The number of aliphatic hydroxyl groups is 1. The van der Waals surface area contributed by atoms with Gasteiger partial charge in [-0.3, -0.25) is 0 Å². The molecular formula is C11H13ClN4OS. The van der Waals surface area contributed by atoms with Crippen LogP contribution in [0.3, 0.4) is 0 Å². The fourth-order valence-corrected chi connectivity index (χ4v) is 2.41. The van der Waals surface area contributed by atoms with Crippen LogP contribution in [0.1, 0.15) is 12.8 Å². The summed E-state index contributed by atoms with van der Waals surface area (Å²) in [7, 11) is 0. The minimum Gasteiger partial charge on any atom is -0.396 e. The van der Waals surface area contributed by atoms with Gasteiger partial charge in [-0.1, -0.05) is 23.4 Å². The van der Waals surface area contributed by atoms with Gasteiger partial charge in [0.15, 0.2) is 0 Å². The van der Waals surface area contributed by atoms with Crippen molar-refractivity contribution in [3.05, 3.63) is 29.3 Å². The summed E-state index contributed by atoms with van der Waals surface area (Å²) in [6.45, 7) is 0.225. The molecule has 0 amide bonds.